The van der Waals surface area contributed by atoms with Gasteiger partial charge >= 0.3 is 0 Å². The summed E-state index contributed by atoms with van der Waals surface area (Å²) in [7, 11) is -3.54. The fraction of sp³-hybridized carbons (Fsp3) is 0.250. The lowest BCUT2D eigenvalue weighted by Gasteiger charge is -2.28. The van der Waals surface area contributed by atoms with E-state index in [-0.39, 0.29) is 35.3 Å². The van der Waals surface area contributed by atoms with Gasteiger partial charge < -0.3 is 5.32 Å². The van der Waals surface area contributed by atoms with E-state index in [2.05, 4.69) is 21.4 Å². The maximum absolute atomic E-state index is 14.8. The average Bonchev–Trinajstić information content (AvgIpc) is 3.40. The number of allylic oxidation sites excluding steroid dienone is 1. The first-order chi connectivity index (χ1) is 22.8. The summed E-state index contributed by atoms with van der Waals surface area (Å²) in [5.41, 5.74) is 2.26. The van der Waals surface area contributed by atoms with Gasteiger partial charge in [0.1, 0.15) is 11.4 Å². The van der Waals surface area contributed by atoms with Crippen molar-refractivity contribution in [2.45, 2.75) is 30.2 Å². The normalized spacial score (nSPS) is 22.4. The van der Waals surface area contributed by atoms with Crippen molar-refractivity contribution in [3.63, 3.8) is 0 Å². The maximum atomic E-state index is 14.8. The predicted molar refractivity (Wildman–Crippen MR) is 174 cm³/mol. The quantitative estimate of drug-likeness (QED) is 0.205. The Morgan fingerprint density at radius 3 is 2.00 bits per heavy atom. The van der Waals surface area contributed by atoms with Crippen LogP contribution in [0.4, 0.5) is 0 Å². The Bertz CT molecular complexity index is 1930. The monoisotopic (exact) mass is 644 g/mol. The molecule has 0 radical (unpaired) electrons. The number of benzene rings is 2. The molecule has 7 rings (SSSR count). The SMILES string of the molecule is N#Cc1ccc(C(=O)/C=C2\NC(Cc3ccncc3)(Cc3ccncc3)C(=O)N2C2[C@H]3CN(S(=O)(=O)Cc4ccccc4)C[C@@H]23)cc1. The number of carbonyl (C=O) groups excluding carboxylic acids is 2. The first-order valence-corrected chi connectivity index (χ1v) is 17.0. The van der Waals surface area contributed by atoms with Crippen molar-refractivity contribution in [3.8, 4) is 6.07 Å². The van der Waals surface area contributed by atoms with Gasteiger partial charge in [-0.15, -0.1) is 0 Å². The van der Waals surface area contributed by atoms with Crippen LogP contribution >= 0.6 is 0 Å². The van der Waals surface area contributed by atoms with E-state index in [0.717, 1.165) is 16.7 Å². The van der Waals surface area contributed by atoms with Gasteiger partial charge in [0.25, 0.3) is 5.91 Å². The average molecular weight is 645 g/mol. The van der Waals surface area contributed by atoms with Crippen molar-refractivity contribution in [2.24, 2.45) is 11.8 Å². The number of hydrogen-bond acceptors (Lipinski definition) is 8. The molecule has 3 aliphatic rings. The number of aromatic nitrogens is 2. The Labute approximate surface area is 273 Å². The number of piperidine rings is 1. The third-order valence-electron chi connectivity index (χ3n) is 9.33. The van der Waals surface area contributed by atoms with E-state index >= 15 is 0 Å². The summed E-state index contributed by atoms with van der Waals surface area (Å²) in [4.78, 5) is 38.4. The molecule has 4 heterocycles. The number of nitrogens with one attached hydrogen (secondary N) is 1. The number of amides is 1. The highest BCUT2D eigenvalue weighted by atomic mass is 32.2. The number of carbonyl (C=O) groups is 2. The van der Waals surface area contributed by atoms with Crippen molar-refractivity contribution in [3.05, 3.63) is 143 Å². The highest BCUT2D eigenvalue weighted by molar-refractivity contribution is 7.88. The van der Waals surface area contributed by atoms with E-state index in [9.17, 15) is 23.3 Å². The number of nitriles is 1. The van der Waals surface area contributed by atoms with E-state index in [1.165, 1.54) is 10.4 Å². The molecule has 10 nitrogen and oxygen atoms in total. The smallest absolute Gasteiger partial charge is 0.254 e. The van der Waals surface area contributed by atoms with Crippen LogP contribution in [0.2, 0.25) is 0 Å². The van der Waals surface area contributed by atoms with Crippen LogP contribution in [0.15, 0.2) is 116 Å². The Morgan fingerprint density at radius 2 is 1.45 bits per heavy atom. The predicted octanol–water partition coefficient (Wildman–Crippen LogP) is 3.49. The molecule has 2 aromatic heterocycles. The summed E-state index contributed by atoms with van der Waals surface area (Å²) < 4.78 is 28.2. The van der Waals surface area contributed by atoms with Crippen LogP contribution in [0.3, 0.4) is 0 Å². The number of sulfonamides is 1. The second kappa shape index (κ2) is 12.2. The summed E-state index contributed by atoms with van der Waals surface area (Å²) in [6.07, 6.45) is 8.89. The van der Waals surface area contributed by atoms with Crippen LogP contribution < -0.4 is 5.32 Å². The molecule has 3 atom stereocenters. The van der Waals surface area contributed by atoms with Gasteiger partial charge in [-0.1, -0.05) is 30.3 Å². The van der Waals surface area contributed by atoms with Crippen molar-refractivity contribution >= 4 is 21.7 Å². The van der Waals surface area contributed by atoms with Crippen LogP contribution in [-0.2, 0) is 33.4 Å². The Kier molecular flexibility index (Phi) is 7.91. The number of fused-ring (bicyclic) bond motifs is 1. The summed E-state index contributed by atoms with van der Waals surface area (Å²) in [5, 5.41) is 12.7. The lowest BCUT2D eigenvalue weighted by Crippen LogP contribution is -2.51. The van der Waals surface area contributed by atoms with Crippen LogP contribution in [0.1, 0.15) is 32.6 Å². The van der Waals surface area contributed by atoms with E-state index < -0.39 is 15.6 Å². The minimum atomic E-state index is -3.54. The molecule has 1 unspecified atom stereocenters. The zero-order valence-corrected chi connectivity index (χ0v) is 26.3. The molecule has 1 N–H and O–H groups in total. The molecule has 3 fully saturated rings. The molecule has 1 amide bonds. The van der Waals surface area contributed by atoms with Crippen LogP contribution in [0.5, 0.6) is 0 Å². The first kappa shape index (κ1) is 30.5. The highest BCUT2D eigenvalue weighted by Crippen LogP contribution is 2.53. The highest BCUT2D eigenvalue weighted by Gasteiger charge is 2.65. The van der Waals surface area contributed by atoms with Crippen molar-refractivity contribution in [1.82, 2.24) is 24.5 Å². The van der Waals surface area contributed by atoms with Gasteiger partial charge in [-0.25, -0.2) is 12.7 Å². The van der Waals surface area contributed by atoms with Gasteiger partial charge in [0.15, 0.2) is 5.78 Å². The van der Waals surface area contributed by atoms with Gasteiger partial charge in [-0.05, 0) is 65.2 Å². The Hall–Kier alpha value is -5.18. The molecule has 2 saturated heterocycles. The largest absolute Gasteiger partial charge is 0.357 e. The number of rotatable bonds is 10. The molecule has 1 aliphatic carbocycles. The van der Waals surface area contributed by atoms with Gasteiger partial charge in [0, 0.05) is 80.2 Å². The number of ketones is 1. The van der Waals surface area contributed by atoms with Gasteiger partial charge in [0.2, 0.25) is 10.0 Å². The van der Waals surface area contributed by atoms with Crippen molar-refractivity contribution in [2.75, 3.05) is 13.1 Å². The minimum absolute atomic E-state index is 0.0580. The third-order valence-corrected chi connectivity index (χ3v) is 11.1. The molecule has 47 heavy (non-hydrogen) atoms. The molecule has 0 bridgehead atoms. The zero-order chi connectivity index (χ0) is 32.6. The molecule has 1 saturated carbocycles. The first-order valence-electron chi connectivity index (χ1n) is 15.4. The van der Waals surface area contributed by atoms with Crippen LogP contribution in [0.25, 0.3) is 0 Å². The van der Waals surface area contributed by atoms with Gasteiger partial charge in [-0.2, -0.15) is 5.26 Å². The number of hydrogen-bond donors (Lipinski definition) is 1. The Balaban J connectivity index is 1.21. The molecule has 236 valence electrons. The summed E-state index contributed by atoms with van der Waals surface area (Å²) >= 11 is 0. The third kappa shape index (κ3) is 6.05. The lowest BCUT2D eigenvalue weighted by molar-refractivity contribution is -0.132. The lowest BCUT2D eigenvalue weighted by atomic mass is 9.85. The van der Waals surface area contributed by atoms with Crippen molar-refractivity contribution < 1.29 is 18.0 Å². The van der Waals surface area contributed by atoms with Crippen molar-refractivity contribution in [1.29, 1.82) is 5.26 Å². The molecule has 11 heteroatoms. The van der Waals surface area contributed by atoms with E-state index in [1.54, 1.807) is 66.1 Å². The summed E-state index contributed by atoms with van der Waals surface area (Å²) in [6.45, 7) is 0.625. The Morgan fingerprint density at radius 1 is 0.872 bits per heavy atom. The standard InChI is InChI=1S/C36H32N6O4S/c37-21-27-6-8-29(9-7-27)32(43)18-33-40-36(19-25-10-14-38-15-11-25,20-26-12-16-39-17-13-26)35(44)42(33)34-30-22-41(23-31(30)34)47(45,46)24-28-4-2-1-3-5-28/h1-18,30-31,34,40H,19-20,22-24H2/b33-18+/t30-,31+,34?. The summed E-state index contributed by atoms with van der Waals surface area (Å²) in [5.74, 6) is -0.271. The number of nitrogens with zero attached hydrogens (tertiary/aromatic N) is 5. The molecule has 0 spiro atoms. The minimum Gasteiger partial charge on any atom is -0.357 e. The molecule has 4 aromatic rings. The molecular weight excluding hydrogens is 613 g/mol. The van der Waals surface area contributed by atoms with Crippen LogP contribution in [-0.4, -0.2) is 64.0 Å². The van der Waals surface area contributed by atoms with E-state index in [1.807, 2.05) is 42.5 Å². The number of pyridine rings is 2. The van der Waals surface area contributed by atoms with Gasteiger partial charge in [0.05, 0.1) is 17.4 Å². The maximum Gasteiger partial charge on any atom is 0.254 e. The zero-order valence-electron chi connectivity index (χ0n) is 25.4. The second-order valence-corrected chi connectivity index (χ2v) is 14.4. The molecular formula is C36H32N6O4S. The molecule has 2 aliphatic heterocycles. The summed E-state index contributed by atoms with van der Waals surface area (Å²) in [6, 6.07) is 24.8. The van der Waals surface area contributed by atoms with Crippen LogP contribution in [0, 0.1) is 23.2 Å². The second-order valence-electron chi connectivity index (χ2n) is 12.4. The van der Waals surface area contributed by atoms with E-state index in [4.69, 9.17) is 0 Å². The van der Waals surface area contributed by atoms with Gasteiger partial charge in [-0.3, -0.25) is 24.5 Å². The molecule has 2 aromatic carbocycles. The topological polar surface area (TPSA) is 136 Å². The fourth-order valence-electron chi connectivity index (χ4n) is 6.96. The van der Waals surface area contributed by atoms with E-state index in [0.29, 0.717) is 42.9 Å². The fourth-order valence-corrected chi connectivity index (χ4v) is 8.55.